The van der Waals surface area contributed by atoms with E-state index in [-0.39, 0.29) is 18.7 Å². The topological polar surface area (TPSA) is 69.7 Å². The van der Waals surface area contributed by atoms with Gasteiger partial charge in [0.2, 0.25) is 15.9 Å². The lowest BCUT2D eigenvalue weighted by atomic mass is 10.2. The second kappa shape index (κ2) is 8.70. The molecule has 0 unspecified atom stereocenters. The van der Waals surface area contributed by atoms with Crippen LogP contribution < -0.4 is 10.2 Å². The Kier molecular flexibility index (Phi) is 6.31. The van der Waals surface area contributed by atoms with Gasteiger partial charge in [-0.2, -0.15) is 4.31 Å². The predicted molar refractivity (Wildman–Crippen MR) is 108 cm³/mol. The molecule has 150 valence electrons. The molecular formula is C20H24FN3O3S. The number of amides is 1. The maximum atomic E-state index is 13.9. The van der Waals surface area contributed by atoms with Crippen molar-refractivity contribution in [3.05, 3.63) is 59.9 Å². The van der Waals surface area contributed by atoms with E-state index in [4.69, 9.17) is 0 Å². The molecule has 1 aliphatic rings. The number of sulfonamides is 1. The fraction of sp³-hybridized carbons (Fsp3) is 0.350. The first-order valence-electron chi connectivity index (χ1n) is 9.16. The Labute approximate surface area is 165 Å². The van der Waals surface area contributed by atoms with Crippen molar-refractivity contribution in [3.63, 3.8) is 0 Å². The average molecular weight is 405 g/mol. The van der Waals surface area contributed by atoms with Gasteiger partial charge in [-0.25, -0.2) is 12.8 Å². The Morgan fingerprint density at radius 1 is 1.11 bits per heavy atom. The number of hydrogen-bond acceptors (Lipinski definition) is 4. The summed E-state index contributed by atoms with van der Waals surface area (Å²) in [6.07, 6.45) is 3.37. The van der Waals surface area contributed by atoms with E-state index >= 15 is 0 Å². The largest absolute Gasteiger partial charge is 0.372 e. The monoisotopic (exact) mass is 405 g/mol. The van der Waals surface area contributed by atoms with Crippen molar-refractivity contribution >= 4 is 27.3 Å². The van der Waals surface area contributed by atoms with Crippen LogP contribution in [0.2, 0.25) is 0 Å². The zero-order valence-corrected chi connectivity index (χ0v) is 16.6. The van der Waals surface area contributed by atoms with Crippen molar-refractivity contribution in [1.29, 1.82) is 0 Å². The SMILES string of the molecule is CS(=O)(=O)N(CC(=O)Nc1ccc(N2CCCC2)cc1)Cc1ccccc1F. The Morgan fingerprint density at radius 3 is 2.36 bits per heavy atom. The molecule has 0 radical (unpaired) electrons. The maximum absolute atomic E-state index is 13.9. The van der Waals surface area contributed by atoms with E-state index in [1.54, 1.807) is 18.2 Å². The van der Waals surface area contributed by atoms with Gasteiger partial charge < -0.3 is 10.2 Å². The first kappa shape index (κ1) is 20.3. The molecular weight excluding hydrogens is 381 g/mol. The highest BCUT2D eigenvalue weighted by molar-refractivity contribution is 7.88. The summed E-state index contributed by atoms with van der Waals surface area (Å²) in [4.78, 5) is 14.6. The summed E-state index contributed by atoms with van der Waals surface area (Å²) in [6, 6.07) is 13.4. The van der Waals surface area contributed by atoms with Crippen LogP contribution in [-0.4, -0.2) is 44.5 Å². The fourth-order valence-electron chi connectivity index (χ4n) is 3.20. The lowest BCUT2D eigenvalue weighted by Crippen LogP contribution is -2.37. The van der Waals surface area contributed by atoms with Crippen LogP contribution in [0.4, 0.5) is 15.8 Å². The summed E-state index contributed by atoms with van der Waals surface area (Å²) in [7, 11) is -3.69. The van der Waals surface area contributed by atoms with Crippen molar-refractivity contribution in [2.45, 2.75) is 19.4 Å². The Morgan fingerprint density at radius 2 is 1.75 bits per heavy atom. The average Bonchev–Trinajstić information content (AvgIpc) is 3.17. The van der Waals surface area contributed by atoms with Crippen LogP contribution in [0.25, 0.3) is 0 Å². The number of nitrogens with zero attached hydrogens (tertiary/aromatic N) is 2. The number of carbonyl (C=O) groups excluding carboxylic acids is 1. The molecule has 1 fully saturated rings. The van der Waals surface area contributed by atoms with Crippen molar-refractivity contribution in [3.8, 4) is 0 Å². The first-order chi connectivity index (χ1) is 13.3. The highest BCUT2D eigenvalue weighted by Crippen LogP contribution is 2.22. The Bertz CT molecular complexity index is 926. The van der Waals surface area contributed by atoms with E-state index in [1.807, 2.05) is 12.1 Å². The highest BCUT2D eigenvalue weighted by atomic mass is 32.2. The third kappa shape index (κ3) is 5.30. The third-order valence-electron chi connectivity index (χ3n) is 4.72. The Balaban J connectivity index is 1.64. The summed E-state index contributed by atoms with van der Waals surface area (Å²) >= 11 is 0. The van der Waals surface area contributed by atoms with E-state index in [9.17, 15) is 17.6 Å². The van der Waals surface area contributed by atoms with E-state index in [0.29, 0.717) is 5.69 Å². The number of nitrogens with one attached hydrogen (secondary N) is 1. The lowest BCUT2D eigenvalue weighted by Gasteiger charge is -2.20. The van der Waals surface area contributed by atoms with Crippen LogP contribution in [0.3, 0.4) is 0 Å². The molecule has 0 aromatic heterocycles. The lowest BCUT2D eigenvalue weighted by molar-refractivity contribution is -0.116. The number of carbonyl (C=O) groups is 1. The maximum Gasteiger partial charge on any atom is 0.239 e. The summed E-state index contributed by atoms with van der Waals surface area (Å²) in [5, 5.41) is 2.71. The van der Waals surface area contributed by atoms with Crippen LogP contribution in [0.1, 0.15) is 18.4 Å². The van der Waals surface area contributed by atoms with Crippen LogP contribution in [0.5, 0.6) is 0 Å². The molecule has 1 N–H and O–H groups in total. The van der Waals surface area contributed by atoms with Gasteiger partial charge in [0.25, 0.3) is 0 Å². The minimum Gasteiger partial charge on any atom is -0.372 e. The van der Waals surface area contributed by atoms with E-state index in [2.05, 4.69) is 10.2 Å². The van der Waals surface area contributed by atoms with Crippen molar-refractivity contribution < 1.29 is 17.6 Å². The van der Waals surface area contributed by atoms with Crippen LogP contribution in [-0.2, 0) is 21.4 Å². The number of halogens is 1. The molecule has 6 nitrogen and oxygen atoms in total. The molecule has 1 amide bonds. The summed E-state index contributed by atoms with van der Waals surface area (Å²) in [6.45, 7) is 1.48. The molecule has 2 aromatic carbocycles. The third-order valence-corrected chi connectivity index (χ3v) is 5.91. The molecule has 28 heavy (non-hydrogen) atoms. The quantitative estimate of drug-likeness (QED) is 0.769. The van der Waals surface area contributed by atoms with E-state index in [1.165, 1.54) is 31.0 Å². The normalized spacial score (nSPS) is 14.5. The zero-order valence-electron chi connectivity index (χ0n) is 15.8. The summed E-state index contributed by atoms with van der Waals surface area (Å²) < 4.78 is 38.9. The van der Waals surface area contributed by atoms with Gasteiger partial charge in [0.1, 0.15) is 5.82 Å². The molecule has 0 spiro atoms. The van der Waals surface area contributed by atoms with Gasteiger partial charge in [-0.3, -0.25) is 4.79 Å². The van der Waals surface area contributed by atoms with Gasteiger partial charge in [-0.05, 0) is 43.2 Å². The van der Waals surface area contributed by atoms with Crippen LogP contribution in [0.15, 0.2) is 48.5 Å². The van der Waals surface area contributed by atoms with E-state index in [0.717, 1.165) is 29.3 Å². The molecule has 1 aliphatic heterocycles. The first-order valence-corrected chi connectivity index (χ1v) is 11.0. The van der Waals surface area contributed by atoms with Gasteiger partial charge in [0.15, 0.2) is 0 Å². The molecule has 0 bridgehead atoms. The van der Waals surface area contributed by atoms with Crippen molar-refractivity contribution in [2.24, 2.45) is 0 Å². The second-order valence-electron chi connectivity index (χ2n) is 6.91. The van der Waals surface area contributed by atoms with Gasteiger partial charge in [0.05, 0.1) is 12.8 Å². The highest BCUT2D eigenvalue weighted by Gasteiger charge is 2.22. The molecule has 0 atom stereocenters. The number of benzene rings is 2. The fourth-order valence-corrected chi connectivity index (χ4v) is 3.92. The molecule has 3 rings (SSSR count). The van der Waals surface area contributed by atoms with Crippen molar-refractivity contribution in [2.75, 3.05) is 36.1 Å². The van der Waals surface area contributed by atoms with Gasteiger partial charge in [0, 0.05) is 36.6 Å². The molecule has 0 saturated carbocycles. The number of anilines is 2. The molecule has 0 aliphatic carbocycles. The van der Waals surface area contributed by atoms with Gasteiger partial charge in [-0.15, -0.1) is 0 Å². The second-order valence-corrected chi connectivity index (χ2v) is 8.89. The van der Waals surface area contributed by atoms with E-state index < -0.39 is 21.7 Å². The number of rotatable bonds is 7. The minimum atomic E-state index is -3.69. The van der Waals surface area contributed by atoms with Crippen LogP contribution >= 0.6 is 0 Å². The van der Waals surface area contributed by atoms with Crippen LogP contribution in [0, 0.1) is 5.82 Å². The minimum absolute atomic E-state index is 0.202. The molecule has 1 heterocycles. The molecule has 8 heteroatoms. The standard InChI is InChI=1S/C20H24FN3O3S/c1-28(26,27)24(14-16-6-2-3-7-19(16)21)15-20(25)22-17-8-10-18(11-9-17)23-12-4-5-13-23/h2-3,6-11H,4-5,12-15H2,1H3,(H,22,25). The van der Waals surface area contributed by atoms with Crippen molar-refractivity contribution in [1.82, 2.24) is 4.31 Å². The Hall–Kier alpha value is -2.45. The smallest absolute Gasteiger partial charge is 0.239 e. The van der Waals surface area contributed by atoms with Gasteiger partial charge in [-0.1, -0.05) is 18.2 Å². The molecule has 1 saturated heterocycles. The zero-order chi connectivity index (χ0) is 20.1. The number of hydrogen-bond donors (Lipinski definition) is 1. The molecule has 2 aromatic rings. The van der Waals surface area contributed by atoms with Gasteiger partial charge >= 0.3 is 0 Å². The summed E-state index contributed by atoms with van der Waals surface area (Å²) in [5.74, 6) is -0.982. The summed E-state index contributed by atoms with van der Waals surface area (Å²) in [5.41, 5.74) is 1.91. The predicted octanol–water partition coefficient (Wildman–Crippen LogP) is 2.83.